The number of carbonyl (C=O) groups is 1. The number of rotatable bonds is 4. The lowest BCUT2D eigenvalue weighted by Gasteiger charge is -2.21. The van der Waals surface area contributed by atoms with E-state index in [2.05, 4.69) is 0 Å². The minimum Gasteiger partial charge on any atom is -0.368 e. The van der Waals surface area contributed by atoms with Crippen LogP contribution in [0.25, 0.3) is 0 Å². The molecule has 4 heteroatoms. The number of nitrogens with zero attached hydrogens (tertiary/aromatic N) is 1. The standard InChI is InChI=1S/C10H13FN2O/c1-2-13(7-10(12)14)9-5-3-4-8(11)6-9/h3-6H,2,7H2,1H3,(H2,12,14). The number of carbonyl (C=O) groups excluding carboxylic acids is 1. The van der Waals surface area contributed by atoms with Crippen LogP contribution in [0.4, 0.5) is 10.1 Å². The zero-order chi connectivity index (χ0) is 10.6. The molecule has 1 aromatic rings. The summed E-state index contributed by atoms with van der Waals surface area (Å²) in [5.41, 5.74) is 5.74. The maximum absolute atomic E-state index is 12.9. The van der Waals surface area contributed by atoms with E-state index in [0.717, 1.165) is 0 Å². The average molecular weight is 196 g/mol. The fourth-order valence-electron chi connectivity index (χ4n) is 1.25. The first-order valence-electron chi connectivity index (χ1n) is 4.42. The third kappa shape index (κ3) is 2.73. The predicted molar refractivity (Wildman–Crippen MR) is 53.5 cm³/mol. The monoisotopic (exact) mass is 196 g/mol. The fraction of sp³-hybridized carbons (Fsp3) is 0.300. The topological polar surface area (TPSA) is 46.3 Å². The van der Waals surface area contributed by atoms with E-state index < -0.39 is 5.91 Å². The molecule has 14 heavy (non-hydrogen) atoms. The van der Waals surface area contributed by atoms with Crippen molar-refractivity contribution >= 4 is 11.6 Å². The second kappa shape index (κ2) is 4.60. The summed E-state index contributed by atoms with van der Waals surface area (Å²) in [4.78, 5) is 12.4. The van der Waals surface area contributed by atoms with Gasteiger partial charge in [0, 0.05) is 12.2 Å². The van der Waals surface area contributed by atoms with E-state index in [1.54, 1.807) is 17.0 Å². The van der Waals surface area contributed by atoms with Gasteiger partial charge in [0.25, 0.3) is 0 Å². The number of primary amides is 1. The highest BCUT2D eigenvalue weighted by molar-refractivity contribution is 5.79. The lowest BCUT2D eigenvalue weighted by atomic mass is 10.2. The third-order valence-electron chi connectivity index (χ3n) is 1.90. The van der Waals surface area contributed by atoms with Crippen molar-refractivity contribution in [3.8, 4) is 0 Å². The van der Waals surface area contributed by atoms with E-state index in [9.17, 15) is 9.18 Å². The number of likely N-dealkylation sites (N-methyl/N-ethyl adjacent to an activating group) is 1. The Morgan fingerprint density at radius 1 is 1.57 bits per heavy atom. The molecule has 0 bridgehead atoms. The number of halogens is 1. The van der Waals surface area contributed by atoms with Gasteiger partial charge in [0.15, 0.2) is 0 Å². The van der Waals surface area contributed by atoms with Gasteiger partial charge >= 0.3 is 0 Å². The van der Waals surface area contributed by atoms with E-state index in [-0.39, 0.29) is 12.4 Å². The van der Waals surface area contributed by atoms with Gasteiger partial charge in [0.2, 0.25) is 5.91 Å². The number of hydrogen-bond donors (Lipinski definition) is 1. The van der Waals surface area contributed by atoms with Crippen LogP contribution in [0.15, 0.2) is 24.3 Å². The highest BCUT2D eigenvalue weighted by Gasteiger charge is 2.07. The van der Waals surface area contributed by atoms with Crippen LogP contribution >= 0.6 is 0 Å². The van der Waals surface area contributed by atoms with E-state index in [1.807, 2.05) is 6.92 Å². The number of nitrogens with two attached hydrogens (primary N) is 1. The van der Waals surface area contributed by atoms with Gasteiger partial charge in [-0.15, -0.1) is 0 Å². The molecule has 0 aromatic heterocycles. The molecule has 0 atom stereocenters. The summed E-state index contributed by atoms with van der Waals surface area (Å²) in [6.07, 6.45) is 0. The summed E-state index contributed by atoms with van der Waals surface area (Å²) in [5, 5.41) is 0. The fourth-order valence-corrected chi connectivity index (χ4v) is 1.25. The molecule has 3 nitrogen and oxygen atoms in total. The maximum atomic E-state index is 12.9. The first kappa shape index (κ1) is 10.5. The molecule has 1 aromatic carbocycles. The van der Waals surface area contributed by atoms with E-state index in [1.165, 1.54) is 12.1 Å². The molecular formula is C10H13FN2O. The molecule has 0 saturated heterocycles. The van der Waals surface area contributed by atoms with E-state index >= 15 is 0 Å². The van der Waals surface area contributed by atoms with Crippen LogP contribution in [0.2, 0.25) is 0 Å². The van der Waals surface area contributed by atoms with E-state index in [4.69, 9.17) is 5.73 Å². The Bertz CT molecular complexity index is 328. The molecule has 2 N–H and O–H groups in total. The molecule has 0 spiro atoms. The van der Waals surface area contributed by atoms with Gasteiger partial charge in [0.05, 0.1) is 6.54 Å². The number of hydrogen-bond acceptors (Lipinski definition) is 2. The Balaban J connectivity index is 2.83. The maximum Gasteiger partial charge on any atom is 0.236 e. The Morgan fingerprint density at radius 2 is 2.29 bits per heavy atom. The van der Waals surface area contributed by atoms with Crippen molar-refractivity contribution in [2.75, 3.05) is 18.0 Å². The van der Waals surface area contributed by atoms with Crippen molar-refractivity contribution in [2.24, 2.45) is 5.73 Å². The van der Waals surface area contributed by atoms with Crippen molar-refractivity contribution < 1.29 is 9.18 Å². The minimum atomic E-state index is -0.420. The van der Waals surface area contributed by atoms with E-state index in [0.29, 0.717) is 12.2 Å². The smallest absolute Gasteiger partial charge is 0.236 e. The summed E-state index contributed by atoms with van der Waals surface area (Å²) >= 11 is 0. The minimum absolute atomic E-state index is 0.111. The molecule has 76 valence electrons. The van der Waals surface area contributed by atoms with Crippen molar-refractivity contribution in [3.63, 3.8) is 0 Å². The Hall–Kier alpha value is -1.58. The normalized spacial score (nSPS) is 9.86. The molecule has 0 aliphatic rings. The van der Waals surface area contributed by atoms with Gasteiger partial charge in [-0.3, -0.25) is 4.79 Å². The van der Waals surface area contributed by atoms with Crippen LogP contribution in [0.3, 0.4) is 0 Å². The van der Waals surface area contributed by atoms with Crippen molar-refractivity contribution in [2.45, 2.75) is 6.92 Å². The Labute approximate surface area is 82.3 Å². The van der Waals surface area contributed by atoms with Crippen molar-refractivity contribution in [1.29, 1.82) is 0 Å². The summed E-state index contributed by atoms with van der Waals surface area (Å²) in [7, 11) is 0. The highest BCUT2D eigenvalue weighted by Crippen LogP contribution is 2.14. The molecule has 0 heterocycles. The van der Waals surface area contributed by atoms with Crippen molar-refractivity contribution in [3.05, 3.63) is 30.1 Å². The van der Waals surface area contributed by atoms with Gasteiger partial charge in [-0.1, -0.05) is 6.07 Å². The lowest BCUT2D eigenvalue weighted by molar-refractivity contribution is -0.116. The van der Waals surface area contributed by atoms with Gasteiger partial charge in [-0.25, -0.2) is 4.39 Å². The quantitative estimate of drug-likeness (QED) is 0.784. The molecule has 0 aliphatic heterocycles. The van der Waals surface area contributed by atoms with Crippen LogP contribution in [-0.2, 0) is 4.79 Å². The van der Waals surface area contributed by atoms with Gasteiger partial charge in [-0.2, -0.15) is 0 Å². The van der Waals surface area contributed by atoms with Gasteiger partial charge in [0.1, 0.15) is 5.82 Å². The van der Waals surface area contributed by atoms with Gasteiger partial charge in [-0.05, 0) is 25.1 Å². The molecule has 0 unspecified atom stereocenters. The number of anilines is 1. The van der Waals surface area contributed by atoms with Crippen LogP contribution in [0, 0.1) is 5.82 Å². The molecule has 0 radical (unpaired) electrons. The molecule has 1 rings (SSSR count). The summed E-state index contributed by atoms with van der Waals surface area (Å²) in [6.45, 7) is 2.61. The molecule has 1 amide bonds. The first-order chi connectivity index (χ1) is 6.63. The SMILES string of the molecule is CCN(CC(N)=O)c1cccc(F)c1. The Kier molecular flexibility index (Phi) is 3.45. The zero-order valence-electron chi connectivity index (χ0n) is 8.03. The number of amides is 1. The second-order valence-electron chi connectivity index (χ2n) is 2.96. The summed E-state index contributed by atoms with van der Waals surface area (Å²) in [6, 6.07) is 6.10. The largest absolute Gasteiger partial charge is 0.368 e. The summed E-state index contributed by atoms with van der Waals surface area (Å²) in [5.74, 6) is -0.735. The van der Waals surface area contributed by atoms with Gasteiger partial charge < -0.3 is 10.6 Å². The van der Waals surface area contributed by atoms with Crippen LogP contribution in [-0.4, -0.2) is 19.0 Å². The molecule has 0 fully saturated rings. The summed E-state index contributed by atoms with van der Waals surface area (Å²) < 4.78 is 12.9. The van der Waals surface area contributed by atoms with Crippen LogP contribution < -0.4 is 10.6 Å². The highest BCUT2D eigenvalue weighted by atomic mass is 19.1. The lowest BCUT2D eigenvalue weighted by Crippen LogP contribution is -2.33. The zero-order valence-corrected chi connectivity index (χ0v) is 8.03. The second-order valence-corrected chi connectivity index (χ2v) is 2.96. The molecule has 0 aliphatic carbocycles. The van der Waals surface area contributed by atoms with Crippen LogP contribution in [0.1, 0.15) is 6.92 Å². The van der Waals surface area contributed by atoms with Crippen LogP contribution in [0.5, 0.6) is 0 Å². The first-order valence-corrected chi connectivity index (χ1v) is 4.42. The molecule has 0 saturated carbocycles. The molecular weight excluding hydrogens is 183 g/mol. The average Bonchev–Trinajstić information content (AvgIpc) is 2.14. The number of benzene rings is 1. The third-order valence-corrected chi connectivity index (χ3v) is 1.90. The predicted octanol–water partition coefficient (Wildman–Crippen LogP) is 1.14. The Morgan fingerprint density at radius 3 is 2.79 bits per heavy atom. The van der Waals surface area contributed by atoms with Crippen molar-refractivity contribution in [1.82, 2.24) is 0 Å².